The minimum absolute atomic E-state index is 0.125. The molecule has 1 saturated heterocycles. The van der Waals surface area contributed by atoms with Gasteiger partial charge in [-0.3, -0.25) is 9.10 Å². The van der Waals surface area contributed by atoms with Crippen LogP contribution in [0.5, 0.6) is 0 Å². The molecule has 5 nitrogen and oxygen atoms in total. The molecule has 0 saturated carbocycles. The summed E-state index contributed by atoms with van der Waals surface area (Å²) in [6, 6.07) is 5.80. The fourth-order valence-electron chi connectivity index (χ4n) is 2.78. The largest absolute Gasteiger partial charge is 0.341 e. The summed E-state index contributed by atoms with van der Waals surface area (Å²) in [5, 5.41) is 0.524. The van der Waals surface area contributed by atoms with Crippen LogP contribution >= 0.6 is 11.6 Å². The smallest absolute Gasteiger partial charge is 0.246 e. The van der Waals surface area contributed by atoms with Crippen molar-refractivity contribution in [1.82, 2.24) is 4.90 Å². The van der Waals surface area contributed by atoms with Crippen molar-refractivity contribution in [2.45, 2.75) is 32.2 Å². The molecule has 1 amide bonds. The lowest BCUT2D eigenvalue weighted by atomic mass is 10.1. The SMILES string of the molecule is CC[C@H](C(=O)N1CCCC1)N(c1ccc(Cl)cc1)S(C)(=O)=O. The molecular formula is C15H21ClN2O3S. The summed E-state index contributed by atoms with van der Waals surface area (Å²) in [6.07, 6.45) is 3.50. The number of sulfonamides is 1. The monoisotopic (exact) mass is 344 g/mol. The topological polar surface area (TPSA) is 57.7 Å². The molecule has 1 aliphatic heterocycles. The van der Waals surface area contributed by atoms with E-state index >= 15 is 0 Å². The molecule has 0 aromatic heterocycles. The summed E-state index contributed by atoms with van der Waals surface area (Å²) in [6.45, 7) is 3.23. The summed E-state index contributed by atoms with van der Waals surface area (Å²) in [5.41, 5.74) is 0.464. The van der Waals surface area contributed by atoms with Crippen molar-refractivity contribution in [1.29, 1.82) is 0 Å². The number of halogens is 1. The highest BCUT2D eigenvalue weighted by atomic mass is 35.5. The first-order chi connectivity index (χ1) is 10.3. The molecule has 1 aromatic rings. The molecule has 0 unspecified atom stereocenters. The van der Waals surface area contributed by atoms with Gasteiger partial charge in [0.1, 0.15) is 6.04 Å². The Bertz CT molecular complexity index is 625. The van der Waals surface area contributed by atoms with Crippen LogP contribution in [0.1, 0.15) is 26.2 Å². The molecule has 122 valence electrons. The molecule has 0 N–H and O–H groups in total. The quantitative estimate of drug-likeness (QED) is 0.824. The predicted octanol–water partition coefficient (Wildman–Crippen LogP) is 2.51. The van der Waals surface area contributed by atoms with Crippen LogP contribution < -0.4 is 4.31 Å². The minimum Gasteiger partial charge on any atom is -0.341 e. The number of benzene rings is 1. The Balaban J connectivity index is 2.38. The number of rotatable bonds is 5. The Labute approximate surface area is 136 Å². The zero-order valence-corrected chi connectivity index (χ0v) is 14.4. The Morgan fingerprint density at radius 1 is 1.27 bits per heavy atom. The van der Waals surface area contributed by atoms with Gasteiger partial charge in [0.2, 0.25) is 15.9 Å². The van der Waals surface area contributed by atoms with E-state index in [0.717, 1.165) is 19.1 Å². The molecule has 1 aromatic carbocycles. The average molecular weight is 345 g/mol. The van der Waals surface area contributed by atoms with Crippen LogP contribution in [-0.2, 0) is 14.8 Å². The van der Waals surface area contributed by atoms with Crippen LogP contribution in [-0.4, -0.2) is 44.6 Å². The number of hydrogen-bond donors (Lipinski definition) is 0. The Morgan fingerprint density at radius 2 is 1.82 bits per heavy atom. The van der Waals surface area contributed by atoms with E-state index in [1.165, 1.54) is 4.31 Å². The van der Waals surface area contributed by atoms with Crippen LogP contribution in [0.15, 0.2) is 24.3 Å². The Morgan fingerprint density at radius 3 is 2.27 bits per heavy atom. The van der Waals surface area contributed by atoms with Gasteiger partial charge in [-0.05, 0) is 43.5 Å². The number of carbonyl (C=O) groups is 1. The lowest BCUT2D eigenvalue weighted by molar-refractivity contribution is -0.131. The van der Waals surface area contributed by atoms with Gasteiger partial charge in [-0.2, -0.15) is 0 Å². The lowest BCUT2D eigenvalue weighted by Gasteiger charge is -2.32. The van der Waals surface area contributed by atoms with Crippen molar-refractivity contribution in [3.63, 3.8) is 0 Å². The number of amides is 1. The highest BCUT2D eigenvalue weighted by Gasteiger charge is 2.34. The van der Waals surface area contributed by atoms with E-state index < -0.39 is 16.1 Å². The zero-order valence-electron chi connectivity index (χ0n) is 12.8. The third-order valence-electron chi connectivity index (χ3n) is 3.81. The zero-order chi connectivity index (χ0) is 16.3. The van der Waals surface area contributed by atoms with E-state index in [4.69, 9.17) is 11.6 Å². The second-order valence-electron chi connectivity index (χ2n) is 5.49. The van der Waals surface area contributed by atoms with Gasteiger partial charge in [0.25, 0.3) is 0 Å². The van der Waals surface area contributed by atoms with Crippen molar-refractivity contribution >= 4 is 33.2 Å². The molecule has 7 heteroatoms. The Kier molecular flexibility index (Phi) is 5.34. The van der Waals surface area contributed by atoms with Gasteiger partial charge in [0, 0.05) is 18.1 Å². The fourth-order valence-corrected chi connectivity index (χ4v) is 4.11. The Hall–Kier alpha value is -1.27. The maximum Gasteiger partial charge on any atom is 0.246 e. The average Bonchev–Trinajstić information content (AvgIpc) is 2.98. The first-order valence-electron chi connectivity index (χ1n) is 7.38. The van der Waals surface area contributed by atoms with Gasteiger partial charge in [-0.25, -0.2) is 8.42 Å². The van der Waals surface area contributed by atoms with E-state index in [-0.39, 0.29) is 5.91 Å². The van der Waals surface area contributed by atoms with Crippen LogP contribution in [0.4, 0.5) is 5.69 Å². The molecule has 2 rings (SSSR count). The maximum atomic E-state index is 12.7. The van der Waals surface area contributed by atoms with E-state index in [2.05, 4.69) is 0 Å². The lowest BCUT2D eigenvalue weighted by Crippen LogP contribution is -2.50. The first-order valence-corrected chi connectivity index (χ1v) is 9.61. The summed E-state index contributed by atoms with van der Waals surface area (Å²) in [4.78, 5) is 14.5. The molecule has 1 aliphatic rings. The molecule has 1 heterocycles. The normalized spacial score (nSPS) is 16.6. The van der Waals surface area contributed by atoms with Crippen molar-refractivity contribution in [2.24, 2.45) is 0 Å². The first kappa shape index (κ1) is 17.1. The number of nitrogens with zero attached hydrogens (tertiary/aromatic N) is 2. The second kappa shape index (κ2) is 6.87. The second-order valence-corrected chi connectivity index (χ2v) is 7.79. The molecule has 1 atom stereocenters. The summed E-state index contributed by atoms with van der Waals surface area (Å²) < 4.78 is 25.7. The van der Waals surface area contributed by atoms with E-state index in [1.54, 1.807) is 29.2 Å². The third-order valence-corrected chi connectivity index (χ3v) is 5.24. The molecule has 0 radical (unpaired) electrons. The standard InChI is InChI=1S/C15H21ClN2O3S/c1-3-14(15(19)17-10-4-5-11-17)18(22(2,20)21)13-8-6-12(16)7-9-13/h6-9,14H,3-5,10-11H2,1-2H3/t14-/m1/s1. The fraction of sp³-hybridized carbons (Fsp3) is 0.533. The van der Waals surface area contributed by atoms with Gasteiger partial charge in [-0.15, -0.1) is 0 Å². The molecule has 0 bridgehead atoms. The molecule has 0 aliphatic carbocycles. The van der Waals surface area contributed by atoms with Crippen LogP contribution in [0, 0.1) is 0 Å². The van der Waals surface area contributed by atoms with Gasteiger partial charge in [0.05, 0.1) is 11.9 Å². The highest BCUT2D eigenvalue weighted by molar-refractivity contribution is 7.92. The maximum absolute atomic E-state index is 12.7. The number of anilines is 1. The van der Waals surface area contributed by atoms with Crippen molar-refractivity contribution in [2.75, 3.05) is 23.7 Å². The summed E-state index contributed by atoms with van der Waals surface area (Å²) >= 11 is 5.87. The molecule has 1 fully saturated rings. The van der Waals surface area contributed by atoms with E-state index in [0.29, 0.717) is 30.2 Å². The van der Waals surface area contributed by atoms with Crippen LogP contribution in [0.2, 0.25) is 5.02 Å². The number of carbonyl (C=O) groups excluding carboxylic acids is 1. The van der Waals surface area contributed by atoms with Gasteiger partial charge >= 0.3 is 0 Å². The molecule has 22 heavy (non-hydrogen) atoms. The van der Waals surface area contributed by atoms with Crippen molar-refractivity contribution < 1.29 is 13.2 Å². The van der Waals surface area contributed by atoms with Gasteiger partial charge < -0.3 is 4.90 Å². The number of hydrogen-bond acceptors (Lipinski definition) is 3. The predicted molar refractivity (Wildman–Crippen MR) is 88.7 cm³/mol. The molecular weight excluding hydrogens is 324 g/mol. The van der Waals surface area contributed by atoms with Gasteiger partial charge in [-0.1, -0.05) is 18.5 Å². The summed E-state index contributed by atoms with van der Waals surface area (Å²) in [7, 11) is -3.57. The van der Waals surface area contributed by atoms with Crippen molar-refractivity contribution in [3.05, 3.63) is 29.3 Å². The highest BCUT2D eigenvalue weighted by Crippen LogP contribution is 2.26. The minimum atomic E-state index is -3.57. The third kappa shape index (κ3) is 3.73. The van der Waals surface area contributed by atoms with Crippen LogP contribution in [0.25, 0.3) is 0 Å². The number of likely N-dealkylation sites (tertiary alicyclic amines) is 1. The van der Waals surface area contributed by atoms with Crippen molar-refractivity contribution in [3.8, 4) is 0 Å². The van der Waals surface area contributed by atoms with E-state index in [9.17, 15) is 13.2 Å². The van der Waals surface area contributed by atoms with Gasteiger partial charge in [0.15, 0.2) is 0 Å². The molecule has 0 spiro atoms. The van der Waals surface area contributed by atoms with E-state index in [1.807, 2.05) is 6.92 Å². The summed E-state index contributed by atoms with van der Waals surface area (Å²) in [5.74, 6) is -0.125. The van der Waals surface area contributed by atoms with Crippen LogP contribution in [0.3, 0.4) is 0 Å².